The molecule has 0 bridgehead atoms. The van der Waals surface area contributed by atoms with Crippen LogP contribution in [-0.2, 0) is 4.79 Å². The number of likely N-dealkylation sites (tertiary alicyclic amines) is 1. The molecular formula is C13H18N4O. The minimum Gasteiger partial charge on any atom is -0.338 e. The molecule has 0 aliphatic carbocycles. The molecule has 96 valence electrons. The number of piperidine rings is 1. The summed E-state index contributed by atoms with van der Waals surface area (Å²) in [5.41, 5.74) is -0.0749. The van der Waals surface area contributed by atoms with Crippen LogP contribution in [0.5, 0.6) is 0 Å². The van der Waals surface area contributed by atoms with Crippen molar-refractivity contribution in [3.63, 3.8) is 0 Å². The molecule has 3 heterocycles. The van der Waals surface area contributed by atoms with Gasteiger partial charge in [-0.25, -0.2) is 9.97 Å². The quantitative estimate of drug-likeness (QED) is 0.743. The zero-order valence-electron chi connectivity index (χ0n) is 10.8. The largest absolute Gasteiger partial charge is 0.338 e. The first kappa shape index (κ1) is 11.4. The highest BCUT2D eigenvalue weighted by molar-refractivity contribution is 5.78. The molecule has 0 N–H and O–H groups in total. The number of likely N-dealkylation sites (N-methyl/N-ethyl adjacent to an activating group) is 1. The topological polar surface area (TPSA) is 49.3 Å². The van der Waals surface area contributed by atoms with Crippen molar-refractivity contribution in [1.29, 1.82) is 0 Å². The van der Waals surface area contributed by atoms with Gasteiger partial charge in [0.05, 0.1) is 11.6 Å². The molecule has 2 fully saturated rings. The molecule has 1 aromatic rings. The highest BCUT2D eigenvalue weighted by atomic mass is 16.2. The first-order valence-electron chi connectivity index (χ1n) is 6.43. The van der Waals surface area contributed by atoms with E-state index in [1.165, 1.54) is 0 Å². The summed E-state index contributed by atoms with van der Waals surface area (Å²) < 4.78 is 0. The maximum atomic E-state index is 11.9. The number of amides is 1. The van der Waals surface area contributed by atoms with Crippen LogP contribution in [0.15, 0.2) is 18.5 Å². The number of rotatable bonds is 1. The van der Waals surface area contributed by atoms with E-state index >= 15 is 0 Å². The maximum absolute atomic E-state index is 11.9. The van der Waals surface area contributed by atoms with Crippen molar-refractivity contribution in [1.82, 2.24) is 14.9 Å². The highest BCUT2D eigenvalue weighted by Crippen LogP contribution is 2.40. The summed E-state index contributed by atoms with van der Waals surface area (Å²) in [6, 6.07) is 2.16. The fourth-order valence-electron chi connectivity index (χ4n) is 3.25. The van der Waals surface area contributed by atoms with Crippen molar-refractivity contribution in [2.24, 2.45) is 0 Å². The van der Waals surface area contributed by atoms with E-state index in [9.17, 15) is 4.79 Å². The lowest BCUT2D eigenvalue weighted by molar-refractivity contribution is -0.139. The lowest BCUT2D eigenvalue weighted by atomic mass is 9.84. The second kappa shape index (κ2) is 3.93. The van der Waals surface area contributed by atoms with Gasteiger partial charge in [0, 0.05) is 32.4 Å². The summed E-state index contributed by atoms with van der Waals surface area (Å²) in [5.74, 6) is 1.04. The van der Waals surface area contributed by atoms with Gasteiger partial charge in [0.1, 0.15) is 0 Å². The molecule has 2 saturated heterocycles. The second-order valence-corrected chi connectivity index (χ2v) is 5.36. The Kier molecular flexibility index (Phi) is 2.50. The van der Waals surface area contributed by atoms with Gasteiger partial charge >= 0.3 is 0 Å². The molecule has 1 aromatic heterocycles. The van der Waals surface area contributed by atoms with Crippen molar-refractivity contribution in [3.05, 3.63) is 18.5 Å². The van der Waals surface area contributed by atoms with E-state index in [2.05, 4.69) is 21.8 Å². The number of anilines is 1. The van der Waals surface area contributed by atoms with Crippen LogP contribution >= 0.6 is 0 Å². The lowest BCUT2D eigenvalue weighted by Gasteiger charge is -2.45. The van der Waals surface area contributed by atoms with Gasteiger partial charge in [-0.2, -0.15) is 0 Å². The summed E-state index contributed by atoms with van der Waals surface area (Å²) in [5, 5.41) is 0. The van der Waals surface area contributed by atoms with E-state index in [1.54, 1.807) is 12.4 Å². The SMILES string of the molecule is CN1C(=O)CC[C@@H]2N(c3ncccn3)CC[C@@]21C. The maximum Gasteiger partial charge on any atom is 0.225 e. The molecule has 0 saturated carbocycles. The van der Waals surface area contributed by atoms with Gasteiger partial charge in [0.15, 0.2) is 0 Å². The standard InChI is InChI=1S/C13H18N4O/c1-13-6-9-17(12-14-7-3-8-15-12)10(13)4-5-11(18)16(13)2/h3,7-8,10H,4-6,9H2,1-2H3/t10-,13-/m0/s1. The molecule has 18 heavy (non-hydrogen) atoms. The fraction of sp³-hybridized carbons (Fsp3) is 0.615. The molecular weight excluding hydrogens is 228 g/mol. The predicted molar refractivity (Wildman–Crippen MR) is 68.2 cm³/mol. The van der Waals surface area contributed by atoms with E-state index < -0.39 is 0 Å². The van der Waals surface area contributed by atoms with Crippen molar-refractivity contribution >= 4 is 11.9 Å². The molecule has 5 nitrogen and oxygen atoms in total. The summed E-state index contributed by atoms with van der Waals surface area (Å²) in [4.78, 5) is 24.7. The zero-order chi connectivity index (χ0) is 12.8. The highest BCUT2D eigenvalue weighted by Gasteiger charge is 2.51. The van der Waals surface area contributed by atoms with Crippen molar-refractivity contribution in [3.8, 4) is 0 Å². The van der Waals surface area contributed by atoms with Crippen molar-refractivity contribution < 1.29 is 4.79 Å². The first-order valence-corrected chi connectivity index (χ1v) is 6.43. The third-order valence-electron chi connectivity index (χ3n) is 4.53. The van der Waals surface area contributed by atoms with Crippen molar-refractivity contribution in [2.75, 3.05) is 18.5 Å². The molecule has 2 atom stereocenters. The van der Waals surface area contributed by atoms with E-state index in [0.29, 0.717) is 12.5 Å². The van der Waals surface area contributed by atoms with Gasteiger partial charge in [-0.05, 0) is 25.8 Å². The average Bonchev–Trinajstić information content (AvgIpc) is 2.74. The number of fused-ring (bicyclic) bond motifs is 1. The Morgan fingerprint density at radius 2 is 2.11 bits per heavy atom. The Hall–Kier alpha value is -1.65. The molecule has 2 aliphatic heterocycles. The lowest BCUT2D eigenvalue weighted by Crippen LogP contribution is -2.59. The zero-order valence-corrected chi connectivity index (χ0v) is 10.8. The third kappa shape index (κ3) is 1.50. The summed E-state index contributed by atoms with van der Waals surface area (Å²) in [7, 11) is 1.92. The monoisotopic (exact) mass is 246 g/mol. The molecule has 5 heteroatoms. The minimum atomic E-state index is -0.0749. The molecule has 1 amide bonds. The summed E-state index contributed by atoms with van der Waals surface area (Å²) >= 11 is 0. The number of hydrogen-bond donors (Lipinski definition) is 0. The van der Waals surface area contributed by atoms with Crippen LogP contribution in [-0.4, -0.2) is 45.9 Å². The average molecular weight is 246 g/mol. The Bertz CT molecular complexity index is 463. The Balaban J connectivity index is 1.92. The van der Waals surface area contributed by atoms with Gasteiger partial charge in [-0.15, -0.1) is 0 Å². The molecule has 0 radical (unpaired) electrons. The summed E-state index contributed by atoms with van der Waals surface area (Å²) in [6.07, 6.45) is 6.06. The normalized spacial score (nSPS) is 31.7. The van der Waals surface area contributed by atoms with Crippen LogP contribution < -0.4 is 4.90 Å². The number of carbonyl (C=O) groups excluding carboxylic acids is 1. The van der Waals surface area contributed by atoms with Crippen LogP contribution in [0.4, 0.5) is 5.95 Å². The minimum absolute atomic E-state index is 0.0749. The van der Waals surface area contributed by atoms with Crippen LogP contribution in [0.25, 0.3) is 0 Å². The Labute approximate surface area is 107 Å². The fourth-order valence-corrected chi connectivity index (χ4v) is 3.25. The third-order valence-corrected chi connectivity index (χ3v) is 4.53. The predicted octanol–water partition coefficient (Wildman–Crippen LogP) is 1.07. The van der Waals surface area contributed by atoms with Gasteiger partial charge in [0.25, 0.3) is 0 Å². The molecule has 0 unspecified atom stereocenters. The van der Waals surface area contributed by atoms with Crippen LogP contribution in [0, 0.1) is 0 Å². The molecule has 0 aromatic carbocycles. The molecule has 2 aliphatic rings. The van der Waals surface area contributed by atoms with Crippen LogP contribution in [0.1, 0.15) is 26.2 Å². The number of hydrogen-bond acceptors (Lipinski definition) is 4. The van der Waals surface area contributed by atoms with Gasteiger partial charge in [0.2, 0.25) is 11.9 Å². The van der Waals surface area contributed by atoms with E-state index in [0.717, 1.165) is 25.3 Å². The number of aromatic nitrogens is 2. The number of nitrogens with zero attached hydrogens (tertiary/aromatic N) is 4. The first-order chi connectivity index (χ1) is 8.63. The molecule has 0 spiro atoms. The smallest absolute Gasteiger partial charge is 0.225 e. The Morgan fingerprint density at radius 3 is 2.83 bits per heavy atom. The second-order valence-electron chi connectivity index (χ2n) is 5.36. The van der Waals surface area contributed by atoms with Crippen LogP contribution in [0.2, 0.25) is 0 Å². The van der Waals surface area contributed by atoms with E-state index in [4.69, 9.17) is 0 Å². The van der Waals surface area contributed by atoms with Crippen LogP contribution in [0.3, 0.4) is 0 Å². The molecule has 3 rings (SSSR count). The van der Waals surface area contributed by atoms with E-state index in [1.807, 2.05) is 18.0 Å². The van der Waals surface area contributed by atoms with Gasteiger partial charge in [-0.3, -0.25) is 4.79 Å². The summed E-state index contributed by atoms with van der Waals surface area (Å²) in [6.45, 7) is 3.10. The van der Waals surface area contributed by atoms with Gasteiger partial charge in [-0.1, -0.05) is 0 Å². The Morgan fingerprint density at radius 1 is 1.39 bits per heavy atom. The number of carbonyl (C=O) groups is 1. The van der Waals surface area contributed by atoms with Crippen molar-refractivity contribution in [2.45, 2.75) is 37.8 Å². The van der Waals surface area contributed by atoms with E-state index in [-0.39, 0.29) is 11.4 Å². The van der Waals surface area contributed by atoms with Gasteiger partial charge < -0.3 is 9.80 Å².